The number of carbonyl (C=O) groups is 1. The highest BCUT2D eigenvalue weighted by Crippen LogP contribution is 2.37. The first-order chi connectivity index (χ1) is 8.60. The molecular formula is C15H14O3. The van der Waals surface area contributed by atoms with Crippen LogP contribution in [0.3, 0.4) is 0 Å². The molecule has 0 spiro atoms. The monoisotopic (exact) mass is 242 g/mol. The van der Waals surface area contributed by atoms with Crippen LogP contribution in [0, 0.1) is 0 Å². The summed E-state index contributed by atoms with van der Waals surface area (Å²) in [7, 11) is 0. The third-order valence-electron chi connectivity index (χ3n) is 3.31. The lowest BCUT2D eigenvalue weighted by Gasteiger charge is -2.23. The van der Waals surface area contributed by atoms with E-state index in [4.69, 9.17) is 9.47 Å². The number of carbonyl (C=O) groups excluding carboxylic acids is 1. The van der Waals surface area contributed by atoms with E-state index in [0.717, 1.165) is 16.3 Å². The van der Waals surface area contributed by atoms with Crippen molar-refractivity contribution < 1.29 is 14.3 Å². The van der Waals surface area contributed by atoms with Crippen molar-refractivity contribution >= 4 is 16.7 Å². The van der Waals surface area contributed by atoms with Crippen LogP contribution in [0.2, 0.25) is 0 Å². The summed E-state index contributed by atoms with van der Waals surface area (Å²) in [5.74, 6) is -1.30. The SMILES string of the molecule is C[C@H]1O[C@@](C)(c2cccc3ccccc23)OC1=O. The van der Waals surface area contributed by atoms with E-state index >= 15 is 0 Å². The highest BCUT2D eigenvalue weighted by molar-refractivity contribution is 5.87. The van der Waals surface area contributed by atoms with E-state index in [1.54, 1.807) is 13.8 Å². The van der Waals surface area contributed by atoms with Crippen LogP contribution in [0.5, 0.6) is 0 Å². The molecule has 0 radical (unpaired) electrons. The van der Waals surface area contributed by atoms with E-state index in [1.807, 2.05) is 42.5 Å². The van der Waals surface area contributed by atoms with Crippen molar-refractivity contribution in [1.29, 1.82) is 0 Å². The maximum atomic E-state index is 11.6. The first-order valence-electron chi connectivity index (χ1n) is 5.99. The smallest absolute Gasteiger partial charge is 0.337 e. The van der Waals surface area contributed by atoms with E-state index in [2.05, 4.69) is 0 Å². The Morgan fingerprint density at radius 2 is 1.83 bits per heavy atom. The minimum Gasteiger partial charge on any atom is -0.427 e. The zero-order valence-corrected chi connectivity index (χ0v) is 10.3. The summed E-state index contributed by atoms with van der Waals surface area (Å²) in [5, 5.41) is 2.15. The zero-order valence-electron chi connectivity index (χ0n) is 10.3. The van der Waals surface area contributed by atoms with Crippen LogP contribution in [0.15, 0.2) is 42.5 Å². The summed E-state index contributed by atoms with van der Waals surface area (Å²) < 4.78 is 11.1. The molecule has 0 saturated carbocycles. The van der Waals surface area contributed by atoms with Gasteiger partial charge in [0.2, 0.25) is 5.79 Å². The summed E-state index contributed by atoms with van der Waals surface area (Å²) in [5.41, 5.74) is 0.887. The molecule has 0 aromatic heterocycles. The predicted molar refractivity (Wildman–Crippen MR) is 67.9 cm³/mol. The number of ether oxygens (including phenoxy) is 2. The fourth-order valence-electron chi connectivity index (χ4n) is 2.42. The number of fused-ring (bicyclic) bond motifs is 1. The Balaban J connectivity index is 2.18. The van der Waals surface area contributed by atoms with Gasteiger partial charge in [0.25, 0.3) is 0 Å². The molecule has 3 heteroatoms. The number of hydrogen-bond donors (Lipinski definition) is 0. The summed E-state index contributed by atoms with van der Waals surface area (Å²) in [4.78, 5) is 11.6. The molecule has 92 valence electrons. The van der Waals surface area contributed by atoms with E-state index in [1.165, 1.54) is 0 Å². The molecule has 3 rings (SSSR count). The second-order valence-electron chi connectivity index (χ2n) is 4.65. The molecule has 0 aliphatic carbocycles. The van der Waals surface area contributed by atoms with E-state index in [-0.39, 0.29) is 5.97 Å². The molecule has 1 aliphatic heterocycles. The van der Waals surface area contributed by atoms with Gasteiger partial charge in [-0.3, -0.25) is 0 Å². The van der Waals surface area contributed by atoms with Crippen LogP contribution < -0.4 is 0 Å². The lowest BCUT2D eigenvalue weighted by Crippen LogP contribution is -2.23. The molecule has 2 atom stereocenters. The van der Waals surface area contributed by atoms with Crippen LogP contribution in [-0.2, 0) is 20.1 Å². The lowest BCUT2D eigenvalue weighted by molar-refractivity contribution is -0.172. The Kier molecular flexibility index (Phi) is 2.38. The zero-order chi connectivity index (χ0) is 12.8. The van der Waals surface area contributed by atoms with Crippen molar-refractivity contribution in [3.8, 4) is 0 Å². The van der Waals surface area contributed by atoms with Crippen LogP contribution in [-0.4, -0.2) is 12.1 Å². The second-order valence-corrected chi connectivity index (χ2v) is 4.65. The van der Waals surface area contributed by atoms with Gasteiger partial charge in [-0.2, -0.15) is 0 Å². The lowest BCUT2D eigenvalue weighted by atomic mass is 9.99. The standard InChI is InChI=1S/C15H14O3/c1-10-14(16)18-15(2,17-10)13-9-5-7-11-6-3-4-8-12(11)13/h3-10H,1-2H3/t10-,15-/m1/s1. The largest absolute Gasteiger partial charge is 0.427 e. The molecule has 1 aliphatic rings. The normalized spacial score (nSPS) is 27.4. The third kappa shape index (κ3) is 1.59. The molecule has 0 N–H and O–H groups in total. The average Bonchev–Trinajstić information content (AvgIpc) is 2.63. The number of benzene rings is 2. The number of rotatable bonds is 1. The van der Waals surface area contributed by atoms with Crippen molar-refractivity contribution in [2.75, 3.05) is 0 Å². The molecule has 1 saturated heterocycles. The Hall–Kier alpha value is -1.87. The molecule has 2 aromatic carbocycles. The van der Waals surface area contributed by atoms with Crippen molar-refractivity contribution in [2.45, 2.75) is 25.7 Å². The molecule has 0 bridgehead atoms. The van der Waals surface area contributed by atoms with Crippen LogP contribution in [0.1, 0.15) is 19.4 Å². The molecule has 1 fully saturated rings. The highest BCUT2D eigenvalue weighted by Gasteiger charge is 2.44. The highest BCUT2D eigenvalue weighted by atomic mass is 16.8. The van der Waals surface area contributed by atoms with Gasteiger partial charge in [0, 0.05) is 12.5 Å². The van der Waals surface area contributed by atoms with Gasteiger partial charge in [0.1, 0.15) is 0 Å². The minimum absolute atomic E-state index is 0.314. The molecule has 18 heavy (non-hydrogen) atoms. The predicted octanol–water partition coefficient (Wildman–Crippen LogP) is 2.97. The maximum absolute atomic E-state index is 11.6. The molecule has 1 heterocycles. The van der Waals surface area contributed by atoms with Gasteiger partial charge in [-0.1, -0.05) is 42.5 Å². The van der Waals surface area contributed by atoms with Gasteiger partial charge >= 0.3 is 5.97 Å². The summed E-state index contributed by atoms with van der Waals surface area (Å²) in [6, 6.07) is 13.9. The summed E-state index contributed by atoms with van der Waals surface area (Å²) in [6.45, 7) is 3.49. The Labute approximate surface area is 105 Å². The minimum atomic E-state index is -0.989. The number of hydrogen-bond acceptors (Lipinski definition) is 3. The number of cyclic esters (lactones) is 1. The fraction of sp³-hybridized carbons (Fsp3) is 0.267. The van der Waals surface area contributed by atoms with Gasteiger partial charge in [-0.15, -0.1) is 0 Å². The summed E-state index contributed by atoms with van der Waals surface area (Å²) in [6.07, 6.45) is -0.519. The molecule has 0 unspecified atom stereocenters. The first kappa shape index (κ1) is 11.2. The molecular weight excluding hydrogens is 228 g/mol. The first-order valence-corrected chi connectivity index (χ1v) is 5.99. The van der Waals surface area contributed by atoms with Crippen molar-refractivity contribution in [3.63, 3.8) is 0 Å². The Morgan fingerprint density at radius 1 is 1.11 bits per heavy atom. The van der Waals surface area contributed by atoms with Crippen LogP contribution in [0.25, 0.3) is 10.8 Å². The van der Waals surface area contributed by atoms with Crippen LogP contribution >= 0.6 is 0 Å². The molecule has 2 aromatic rings. The summed E-state index contributed by atoms with van der Waals surface area (Å²) >= 11 is 0. The van der Waals surface area contributed by atoms with Gasteiger partial charge in [-0.05, 0) is 17.7 Å². The fourth-order valence-corrected chi connectivity index (χ4v) is 2.42. The van der Waals surface area contributed by atoms with E-state index in [0.29, 0.717) is 0 Å². The van der Waals surface area contributed by atoms with Crippen molar-refractivity contribution in [3.05, 3.63) is 48.0 Å². The number of esters is 1. The van der Waals surface area contributed by atoms with Crippen LogP contribution in [0.4, 0.5) is 0 Å². The Morgan fingerprint density at radius 3 is 2.56 bits per heavy atom. The van der Waals surface area contributed by atoms with E-state index < -0.39 is 11.9 Å². The van der Waals surface area contributed by atoms with Gasteiger partial charge in [0.15, 0.2) is 6.10 Å². The quantitative estimate of drug-likeness (QED) is 0.721. The Bertz CT molecular complexity index is 615. The molecule has 3 nitrogen and oxygen atoms in total. The maximum Gasteiger partial charge on any atom is 0.337 e. The third-order valence-corrected chi connectivity index (χ3v) is 3.31. The topological polar surface area (TPSA) is 35.5 Å². The molecule has 0 amide bonds. The van der Waals surface area contributed by atoms with Gasteiger partial charge < -0.3 is 9.47 Å². The van der Waals surface area contributed by atoms with Crippen molar-refractivity contribution in [2.24, 2.45) is 0 Å². The average molecular weight is 242 g/mol. The van der Waals surface area contributed by atoms with Gasteiger partial charge in [0.05, 0.1) is 0 Å². The van der Waals surface area contributed by atoms with Crippen molar-refractivity contribution in [1.82, 2.24) is 0 Å². The van der Waals surface area contributed by atoms with Gasteiger partial charge in [-0.25, -0.2) is 4.79 Å². The second kappa shape index (κ2) is 3.82. The van der Waals surface area contributed by atoms with E-state index in [9.17, 15) is 4.79 Å².